The highest BCUT2D eigenvalue weighted by atomic mass is 32.1. The van der Waals surface area contributed by atoms with Gasteiger partial charge >= 0.3 is 5.97 Å². The molecule has 0 aliphatic heterocycles. The van der Waals surface area contributed by atoms with E-state index in [4.69, 9.17) is 5.26 Å². The van der Waals surface area contributed by atoms with Crippen LogP contribution in [0.1, 0.15) is 23.1 Å². The monoisotopic (exact) mass is 391 g/mol. The van der Waals surface area contributed by atoms with Gasteiger partial charge in [-0.15, -0.1) is 0 Å². The van der Waals surface area contributed by atoms with Crippen LogP contribution in [-0.2, 0) is 22.4 Å². The smallest absolute Gasteiger partial charge is 0.304 e. The maximum Gasteiger partial charge on any atom is 0.304 e. The van der Waals surface area contributed by atoms with Crippen LogP contribution in [0.15, 0.2) is 42.5 Å². The number of thiazole rings is 1. The van der Waals surface area contributed by atoms with E-state index < -0.39 is 11.4 Å². The van der Waals surface area contributed by atoms with Gasteiger partial charge in [-0.1, -0.05) is 35.6 Å². The summed E-state index contributed by atoms with van der Waals surface area (Å²) in [6.45, 7) is 0. The van der Waals surface area contributed by atoms with Gasteiger partial charge in [-0.05, 0) is 42.2 Å². The lowest BCUT2D eigenvalue weighted by molar-refractivity contribution is -0.144. The number of benzene rings is 2. The molecule has 1 heterocycles. The summed E-state index contributed by atoms with van der Waals surface area (Å²) < 4.78 is 0.815. The molecular weight excluding hydrogens is 374 g/mol. The van der Waals surface area contributed by atoms with E-state index in [1.165, 1.54) is 16.2 Å². The second kappa shape index (κ2) is 6.73. The van der Waals surface area contributed by atoms with Crippen LogP contribution < -0.4 is 4.90 Å². The van der Waals surface area contributed by atoms with E-state index in [2.05, 4.69) is 11.1 Å². The Balaban J connectivity index is 1.69. The number of nitrogens with zero attached hydrogens (tertiary/aromatic N) is 3. The van der Waals surface area contributed by atoms with Crippen LogP contribution in [0.4, 0.5) is 5.13 Å². The van der Waals surface area contributed by atoms with Gasteiger partial charge < -0.3 is 5.11 Å². The normalized spacial score (nSPS) is 14.4. The summed E-state index contributed by atoms with van der Waals surface area (Å²) in [5.41, 5.74) is 2.27. The highest BCUT2D eigenvalue weighted by Crippen LogP contribution is 2.42. The summed E-state index contributed by atoms with van der Waals surface area (Å²) in [5.74, 6) is -1.23. The van der Waals surface area contributed by atoms with Crippen molar-refractivity contribution in [2.24, 2.45) is 5.41 Å². The number of rotatable bonds is 4. The minimum Gasteiger partial charge on any atom is -0.481 e. The molecule has 6 nitrogen and oxygen atoms in total. The SMILES string of the molecule is CN(C(=O)C1(CC(=O)O)Cc2ccccc2C1)c1nc2ccc(C#N)cc2s1. The first kappa shape index (κ1) is 18.1. The molecule has 0 atom stereocenters. The molecule has 3 aromatic rings. The fourth-order valence-electron chi connectivity index (χ4n) is 3.90. The molecule has 0 radical (unpaired) electrons. The van der Waals surface area contributed by atoms with Crippen LogP contribution in [0.25, 0.3) is 10.2 Å². The maximum absolute atomic E-state index is 13.4. The first-order valence-corrected chi connectivity index (χ1v) is 9.61. The number of aliphatic carboxylic acids is 1. The number of nitriles is 1. The Morgan fingerprint density at radius 1 is 1.25 bits per heavy atom. The molecular formula is C21H17N3O3S. The van der Waals surface area contributed by atoms with E-state index in [0.717, 1.165) is 15.8 Å². The molecule has 140 valence electrons. The van der Waals surface area contributed by atoms with Gasteiger partial charge in [0.1, 0.15) is 0 Å². The fourth-order valence-corrected chi connectivity index (χ4v) is 4.87. The molecule has 0 fully saturated rings. The number of aromatic nitrogens is 1. The second-order valence-electron chi connectivity index (χ2n) is 7.13. The summed E-state index contributed by atoms with van der Waals surface area (Å²) in [7, 11) is 1.64. The van der Waals surface area contributed by atoms with E-state index in [9.17, 15) is 14.7 Å². The van der Waals surface area contributed by atoms with E-state index in [1.807, 2.05) is 24.3 Å². The Bertz CT molecular complexity index is 1120. The summed E-state index contributed by atoms with van der Waals surface area (Å²) in [6, 6.07) is 15.0. The number of hydrogen-bond donors (Lipinski definition) is 1. The Labute approximate surface area is 165 Å². The average Bonchev–Trinajstić information content (AvgIpc) is 3.26. The van der Waals surface area contributed by atoms with Gasteiger partial charge in [-0.2, -0.15) is 5.26 Å². The lowest BCUT2D eigenvalue weighted by atomic mass is 9.80. The minimum absolute atomic E-state index is 0.228. The lowest BCUT2D eigenvalue weighted by Crippen LogP contribution is -2.44. The summed E-state index contributed by atoms with van der Waals surface area (Å²) >= 11 is 1.32. The maximum atomic E-state index is 13.4. The van der Waals surface area contributed by atoms with Crippen molar-refractivity contribution in [3.63, 3.8) is 0 Å². The van der Waals surface area contributed by atoms with Crippen LogP contribution in [0.5, 0.6) is 0 Å². The number of amides is 1. The van der Waals surface area contributed by atoms with E-state index in [0.29, 0.717) is 29.1 Å². The highest BCUT2D eigenvalue weighted by molar-refractivity contribution is 7.22. The molecule has 7 heteroatoms. The first-order valence-electron chi connectivity index (χ1n) is 8.79. The molecule has 1 N–H and O–H groups in total. The predicted molar refractivity (Wildman–Crippen MR) is 106 cm³/mol. The quantitative estimate of drug-likeness (QED) is 0.736. The average molecular weight is 391 g/mol. The van der Waals surface area contributed by atoms with Crippen molar-refractivity contribution in [3.05, 3.63) is 59.2 Å². The molecule has 1 aliphatic rings. The molecule has 1 aliphatic carbocycles. The number of carboxylic acid groups (broad SMARTS) is 1. The highest BCUT2D eigenvalue weighted by Gasteiger charge is 2.47. The molecule has 0 unspecified atom stereocenters. The minimum atomic E-state index is -1.01. The molecule has 1 amide bonds. The number of carbonyl (C=O) groups is 2. The third-order valence-electron chi connectivity index (χ3n) is 5.22. The van der Waals surface area contributed by atoms with Gasteiger partial charge in [0.2, 0.25) is 5.91 Å². The van der Waals surface area contributed by atoms with Gasteiger partial charge in [-0.3, -0.25) is 14.5 Å². The molecule has 28 heavy (non-hydrogen) atoms. The number of anilines is 1. The zero-order valence-corrected chi connectivity index (χ0v) is 16.0. The van der Waals surface area contributed by atoms with Crippen LogP contribution in [0.2, 0.25) is 0 Å². The Morgan fingerprint density at radius 2 is 1.93 bits per heavy atom. The third-order valence-corrected chi connectivity index (χ3v) is 6.31. The van der Waals surface area contributed by atoms with Gasteiger partial charge in [-0.25, -0.2) is 4.98 Å². The van der Waals surface area contributed by atoms with Crippen molar-refractivity contribution in [2.75, 3.05) is 11.9 Å². The van der Waals surface area contributed by atoms with Crippen molar-refractivity contribution >= 4 is 38.6 Å². The molecule has 2 aromatic carbocycles. The predicted octanol–water partition coefficient (Wildman–Crippen LogP) is 3.39. The fraction of sp³-hybridized carbons (Fsp3) is 0.238. The number of fused-ring (bicyclic) bond motifs is 2. The Kier molecular flexibility index (Phi) is 4.36. The van der Waals surface area contributed by atoms with E-state index >= 15 is 0 Å². The summed E-state index contributed by atoms with van der Waals surface area (Å²) in [6.07, 6.45) is 0.582. The molecule has 4 rings (SSSR count). The van der Waals surface area contributed by atoms with Crippen molar-refractivity contribution in [1.82, 2.24) is 4.98 Å². The largest absolute Gasteiger partial charge is 0.481 e. The zero-order valence-electron chi connectivity index (χ0n) is 15.2. The Hall–Kier alpha value is -3.24. The van der Waals surface area contributed by atoms with Crippen LogP contribution in [-0.4, -0.2) is 29.0 Å². The van der Waals surface area contributed by atoms with Crippen LogP contribution in [0.3, 0.4) is 0 Å². The van der Waals surface area contributed by atoms with E-state index in [1.54, 1.807) is 25.2 Å². The Morgan fingerprint density at radius 3 is 2.54 bits per heavy atom. The van der Waals surface area contributed by atoms with Crippen molar-refractivity contribution in [3.8, 4) is 6.07 Å². The van der Waals surface area contributed by atoms with Crippen LogP contribution >= 0.6 is 11.3 Å². The van der Waals surface area contributed by atoms with Gasteiger partial charge in [0.25, 0.3) is 0 Å². The van der Waals surface area contributed by atoms with E-state index in [-0.39, 0.29) is 12.3 Å². The van der Waals surface area contributed by atoms with Crippen molar-refractivity contribution < 1.29 is 14.7 Å². The van der Waals surface area contributed by atoms with Gasteiger partial charge in [0, 0.05) is 7.05 Å². The van der Waals surface area contributed by atoms with Crippen molar-refractivity contribution in [1.29, 1.82) is 5.26 Å². The topological polar surface area (TPSA) is 94.3 Å². The summed E-state index contributed by atoms with van der Waals surface area (Å²) in [4.78, 5) is 31.0. The lowest BCUT2D eigenvalue weighted by Gasteiger charge is -2.30. The van der Waals surface area contributed by atoms with Crippen molar-refractivity contribution in [2.45, 2.75) is 19.3 Å². The molecule has 0 spiro atoms. The first-order chi connectivity index (χ1) is 13.4. The molecule has 0 saturated heterocycles. The van der Waals surface area contributed by atoms with Crippen LogP contribution in [0, 0.1) is 16.7 Å². The number of carboxylic acids is 1. The molecule has 0 saturated carbocycles. The number of hydrogen-bond acceptors (Lipinski definition) is 5. The standard InChI is InChI=1S/C21H17N3O3S/c1-24(20-23-16-7-6-13(12-22)8-17(16)28-20)19(27)21(11-18(25)26)9-14-4-2-3-5-15(14)10-21/h2-8H,9-11H2,1H3,(H,25,26). The summed E-state index contributed by atoms with van der Waals surface area (Å²) in [5, 5.41) is 19.0. The zero-order chi connectivity index (χ0) is 19.9. The molecule has 0 bridgehead atoms. The van der Waals surface area contributed by atoms with Gasteiger partial charge in [0.15, 0.2) is 5.13 Å². The number of carbonyl (C=O) groups excluding carboxylic acids is 1. The second-order valence-corrected chi connectivity index (χ2v) is 8.14. The van der Waals surface area contributed by atoms with Gasteiger partial charge in [0.05, 0.1) is 33.7 Å². The third kappa shape index (κ3) is 3.02. The molecule has 1 aromatic heterocycles.